The topological polar surface area (TPSA) is 73.9 Å². The first-order valence-electron chi connectivity index (χ1n) is 7.34. The van der Waals surface area contributed by atoms with Gasteiger partial charge in [0.1, 0.15) is 0 Å². The second-order valence-electron chi connectivity index (χ2n) is 4.97. The molecule has 0 bridgehead atoms. The molecule has 0 aliphatic heterocycles. The summed E-state index contributed by atoms with van der Waals surface area (Å²) in [5.41, 5.74) is 0.906. The molecule has 0 aliphatic rings. The van der Waals surface area contributed by atoms with Crippen LogP contribution < -0.4 is 14.8 Å². The number of amides is 1. The summed E-state index contributed by atoms with van der Waals surface area (Å²) in [7, 11) is 2.98. The molecule has 6 heteroatoms. The van der Waals surface area contributed by atoms with Crippen molar-refractivity contribution in [2.24, 2.45) is 0 Å². The monoisotopic (exact) mass is 329 g/mol. The lowest BCUT2D eigenvalue weighted by atomic mass is 10.2. The number of anilines is 1. The number of nitrogens with one attached hydrogen (secondary N) is 1. The minimum Gasteiger partial charge on any atom is -0.493 e. The van der Waals surface area contributed by atoms with Gasteiger partial charge in [-0.15, -0.1) is 0 Å². The number of benzene rings is 2. The minimum absolute atomic E-state index is 0.270. The Labute approximate surface area is 140 Å². The van der Waals surface area contributed by atoms with Gasteiger partial charge in [0.15, 0.2) is 17.6 Å². The van der Waals surface area contributed by atoms with E-state index in [-0.39, 0.29) is 5.56 Å². The van der Waals surface area contributed by atoms with Crippen LogP contribution in [0.4, 0.5) is 5.69 Å². The first-order valence-corrected chi connectivity index (χ1v) is 7.34. The van der Waals surface area contributed by atoms with E-state index in [4.69, 9.17) is 14.2 Å². The van der Waals surface area contributed by atoms with E-state index in [0.717, 1.165) is 0 Å². The van der Waals surface area contributed by atoms with Gasteiger partial charge in [-0.25, -0.2) is 4.79 Å². The van der Waals surface area contributed by atoms with Crippen molar-refractivity contribution in [3.05, 3.63) is 54.1 Å². The van der Waals surface area contributed by atoms with E-state index in [1.54, 1.807) is 36.4 Å². The molecule has 0 aliphatic carbocycles. The molecule has 2 aromatic rings. The first kappa shape index (κ1) is 17.3. The fourth-order valence-corrected chi connectivity index (χ4v) is 2.01. The number of hydrogen-bond donors (Lipinski definition) is 1. The second kappa shape index (κ2) is 8.01. The maximum Gasteiger partial charge on any atom is 0.339 e. The molecule has 0 fully saturated rings. The summed E-state index contributed by atoms with van der Waals surface area (Å²) in [6.45, 7) is 1.51. The first-order chi connectivity index (χ1) is 11.5. The Morgan fingerprint density at radius 3 is 2.25 bits per heavy atom. The Bertz CT molecular complexity index is 715. The smallest absolute Gasteiger partial charge is 0.339 e. The molecule has 0 saturated carbocycles. The van der Waals surface area contributed by atoms with Crippen LogP contribution >= 0.6 is 0 Å². The molecule has 0 spiro atoms. The van der Waals surface area contributed by atoms with Crippen LogP contribution in [0, 0.1) is 0 Å². The highest BCUT2D eigenvalue weighted by Crippen LogP contribution is 2.27. The molecule has 1 amide bonds. The van der Waals surface area contributed by atoms with Gasteiger partial charge in [-0.3, -0.25) is 4.79 Å². The van der Waals surface area contributed by atoms with Gasteiger partial charge < -0.3 is 19.5 Å². The van der Waals surface area contributed by atoms with E-state index in [1.807, 2.05) is 6.07 Å². The van der Waals surface area contributed by atoms with Crippen LogP contribution in [0.25, 0.3) is 0 Å². The van der Waals surface area contributed by atoms with Crippen molar-refractivity contribution in [1.29, 1.82) is 0 Å². The van der Waals surface area contributed by atoms with E-state index < -0.39 is 18.0 Å². The van der Waals surface area contributed by atoms with Crippen LogP contribution in [0.5, 0.6) is 11.5 Å². The van der Waals surface area contributed by atoms with Crippen LogP contribution in [0.3, 0.4) is 0 Å². The van der Waals surface area contributed by atoms with Gasteiger partial charge in [-0.2, -0.15) is 0 Å². The highest BCUT2D eigenvalue weighted by atomic mass is 16.5. The molecule has 1 atom stereocenters. The Morgan fingerprint density at radius 2 is 1.62 bits per heavy atom. The van der Waals surface area contributed by atoms with Gasteiger partial charge in [0.25, 0.3) is 5.91 Å². The maximum absolute atomic E-state index is 12.2. The largest absolute Gasteiger partial charge is 0.493 e. The Morgan fingerprint density at radius 1 is 0.958 bits per heavy atom. The minimum atomic E-state index is -0.939. The standard InChI is InChI=1S/C18H19NO5/c1-12(17(20)19-14-7-5-4-6-8-14)24-18(21)13-9-10-15(22-2)16(11-13)23-3/h4-12H,1-3H3,(H,19,20)/t12-/m1/s1. The number of carbonyl (C=O) groups excluding carboxylic acids is 2. The zero-order valence-corrected chi connectivity index (χ0v) is 13.7. The zero-order chi connectivity index (χ0) is 17.5. The normalized spacial score (nSPS) is 11.3. The average Bonchev–Trinajstić information content (AvgIpc) is 2.61. The highest BCUT2D eigenvalue weighted by Gasteiger charge is 2.20. The van der Waals surface area contributed by atoms with Gasteiger partial charge in [-0.1, -0.05) is 18.2 Å². The van der Waals surface area contributed by atoms with Crippen molar-refractivity contribution in [3.8, 4) is 11.5 Å². The van der Waals surface area contributed by atoms with Crippen molar-refractivity contribution in [1.82, 2.24) is 0 Å². The number of para-hydroxylation sites is 1. The molecule has 0 saturated heterocycles. The van der Waals surface area contributed by atoms with Gasteiger partial charge >= 0.3 is 5.97 Å². The summed E-state index contributed by atoms with van der Waals surface area (Å²) in [6.07, 6.45) is -0.939. The fourth-order valence-electron chi connectivity index (χ4n) is 2.01. The highest BCUT2D eigenvalue weighted by molar-refractivity contribution is 5.97. The molecular weight excluding hydrogens is 310 g/mol. The van der Waals surface area contributed by atoms with E-state index in [9.17, 15) is 9.59 Å². The maximum atomic E-state index is 12.2. The number of methoxy groups -OCH3 is 2. The third-order valence-corrected chi connectivity index (χ3v) is 3.31. The molecule has 0 aromatic heterocycles. The molecule has 126 valence electrons. The van der Waals surface area contributed by atoms with Crippen LogP contribution in [0.1, 0.15) is 17.3 Å². The van der Waals surface area contributed by atoms with Gasteiger partial charge in [0.2, 0.25) is 0 Å². The fraction of sp³-hybridized carbons (Fsp3) is 0.222. The number of ether oxygens (including phenoxy) is 3. The second-order valence-corrected chi connectivity index (χ2v) is 4.97. The van der Waals surface area contributed by atoms with E-state index in [0.29, 0.717) is 17.2 Å². The molecule has 6 nitrogen and oxygen atoms in total. The van der Waals surface area contributed by atoms with Crippen LogP contribution in [-0.2, 0) is 9.53 Å². The molecule has 0 unspecified atom stereocenters. The average molecular weight is 329 g/mol. The van der Waals surface area contributed by atoms with Crippen LogP contribution in [0.2, 0.25) is 0 Å². The van der Waals surface area contributed by atoms with E-state index in [1.165, 1.54) is 27.2 Å². The lowest BCUT2D eigenvalue weighted by Gasteiger charge is -2.14. The number of esters is 1. The van der Waals surface area contributed by atoms with Crippen molar-refractivity contribution < 1.29 is 23.8 Å². The summed E-state index contributed by atoms with van der Waals surface area (Å²) in [5.74, 6) is -0.112. The zero-order valence-electron chi connectivity index (χ0n) is 13.7. The van der Waals surface area contributed by atoms with Gasteiger partial charge in [0.05, 0.1) is 19.8 Å². The third kappa shape index (κ3) is 4.25. The quantitative estimate of drug-likeness (QED) is 0.825. The Balaban J connectivity index is 2.02. The predicted octanol–water partition coefficient (Wildman–Crippen LogP) is 2.89. The van der Waals surface area contributed by atoms with Crippen LogP contribution in [0.15, 0.2) is 48.5 Å². The number of carbonyl (C=O) groups is 2. The van der Waals surface area contributed by atoms with Crippen molar-refractivity contribution in [2.75, 3.05) is 19.5 Å². The Hall–Kier alpha value is -3.02. The van der Waals surface area contributed by atoms with Crippen molar-refractivity contribution in [2.45, 2.75) is 13.0 Å². The predicted molar refractivity (Wildman–Crippen MR) is 89.5 cm³/mol. The summed E-state index contributed by atoms with van der Waals surface area (Å²) in [5, 5.41) is 2.68. The number of hydrogen-bond acceptors (Lipinski definition) is 5. The molecule has 2 rings (SSSR count). The van der Waals surface area contributed by atoms with E-state index in [2.05, 4.69) is 5.32 Å². The lowest BCUT2D eigenvalue weighted by Crippen LogP contribution is -2.30. The molecule has 2 aromatic carbocycles. The molecule has 1 N–H and O–H groups in total. The lowest BCUT2D eigenvalue weighted by molar-refractivity contribution is -0.123. The molecule has 24 heavy (non-hydrogen) atoms. The number of rotatable bonds is 6. The van der Waals surface area contributed by atoms with E-state index >= 15 is 0 Å². The molecular formula is C18H19NO5. The van der Waals surface area contributed by atoms with Crippen molar-refractivity contribution in [3.63, 3.8) is 0 Å². The van der Waals surface area contributed by atoms with Crippen LogP contribution in [-0.4, -0.2) is 32.2 Å². The van der Waals surface area contributed by atoms with Crippen molar-refractivity contribution >= 4 is 17.6 Å². The SMILES string of the molecule is COc1ccc(C(=O)O[C@H](C)C(=O)Nc2ccccc2)cc1OC. The summed E-state index contributed by atoms with van der Waals surface area (Å²) in [4.78, 5) is 24.3. The summed E-state index contributed by atoms with van der Waals surface area (Å²) in [6, 6.07) is 13.6. The van der Waals surface area contributed by atoms with Gasteiger partial charge in [0, 0.05) is 5.69 Å². The van der Waals surface area contributed by atoms with Gasteiger partial charge in [-0.05, 0) is 37.3 Å². The summed E-state index contributed by atoms with van der Waals surface area (Å²) >= 11 is 0. The molecule has 0 heterocycles. The Kier molecular flexibility index (Phi) is 5.78. The summed E-state index contributed by atoms with van der Waals surface area (Å²) < 4.78 is 15.5. The molecule has 0 radical (unpaired) electrons. The third-order valence-electron chi connectivity index (χ3n) is 3.31.